The summed E-state index contributed by atoms with van der Waals surface area (Å²) in [5, 5.41) is 2.41. The predicted octanol–water partition coefficient (Wildman–Crippen LogP) is 15.0. The number of benzene rings is 8. The van der Waals surface area contributed by atoms with Crippen molar-refractivity contribution in [3.05, 3.63) is 203 Å². The SMILES string of the molecule is Cc1ccc(-c2cc(N(c3cccc(C)c3)c3cccc(C)c3)cc3c(-c4ccc(C)cc4)cc(N(c4ccc(C)cc4)c4cccc(C)c4)cc23)cc1. The van der Waals surface area contributed by atoms with E-state index in [0.717, 1.165) is 34.1 Å². The summed E-state index contributed by atoms with van der Waals surface area (Å²) in [6, 6.07) is 62.9. The Morgan fingerprint density at radius 3 is 0.944 bits per heavy atom. The fraction of sp³-hybridized carbons (Fsp3) is 0.115. The van der Waals surface area contributed by atoms with Gasteiger partial charge in [0.15, 0.2) is 0 Å². The third kappa shape index (κ3) is 7.04. The maximum atomic E-state index is 2.41. The average molecular weight is 699 g/mol. The molecule has 0 N–H and O–H groups in total. The Morgan fingerprint density at radius 2 is 0.593 bits per heavy atom. The summed E-state index contributed by atoms with van der Waals surface area (Å²) in [6.07, 6.45) is 0. The van der Waals surface area contributed by atoms with Crippen molar-refractivity contribution in [3.63, 3.8) is 0 Å². The second kappa shape index (κ2) is 14.6. The van der Waals surface area contributed by atoms with Crippen molar-refractivity contribution < 1.29 is 0 Å². The number of rotatable bonds is 8. The normalized spacial score (nSPS) is 11.1. The van der Waals surface area contributed by atoms with Crippen LogP contribution in [0.25, 0.3) is 33.0 Å². The van der Waals surface area contributed by atoms with E-state index in [2.05, 4.69) is 221 Å². The fourth-order valence-electron chi connectivity index (χ4n) is 7.52. The Labute approximate surface area is 320 Å². The molecule has 0 aliphatic carbocycles. The van der Waals surface area contributed by atoms with Crippen LogP contribution in [0.5, 0.6) is 0 Å². The average Bonchev–Trinajstić information content (AvgIpc) is 3.16. The van der Waals surface area contributed by atoms with Crippen LogP contribution in [0.2, 0.25) is 0 Å². The van der Waals surface area contributed by atoms with E-state index in [1.807, 2.05) is 0 Å². The lowest BCUT2D eigenvalue weighted by atomic mass is 9.90. The highest BCUT2D eigenvalue weighted by Crippen LogP contribution is 2.47. The number of aryl methyl sites for hydroxylation is 6. The summed E-state index contributed by atoms with van der Waals surface area (Å²) >= 11 is 0. The molecule has 0 heterocycles. The minimum absolute atomic E-state index is 1.11. The minimum Gasteiger partial charge on any atom is -0.310 e. The zero-order valence-electron chi connectivity index (χ0n) is 32.1. The largest absolute Gasteiger partial charge is 0.310 e. The van der Waals surface area contributed by atoms with Gasteiger partial charge in [-0.2, -0.15) is 0 Å². The van der Waals surface area contributed by atoms with Crippen LogP contribution in [0.4, 0.5) is 34.1 Å². The zero-order valence-corrected chi connectivity index (χ0v) is 32.1. The maximum Gasteiger partial charge on any atom is 0.0474 e. The third-order valence-electron chi connectivity index (χ3n) is 10.4. The first-order valence-electron chi connectivity index (χ1n) is 18.8. The first kappa shape index (κ1) is 34.7. The molecule has 54 heavy (non-hydrogen) atoms. The summed E-state index contributed by atoms with van der Waals surface area (Å²) in [5.41, 5.74) is 18.9. The third-order valence-corrected chi connectivity index (χ3v) is 10.4. The van der Waals surface area contributed by atoms with Gasteiger partial charge in [-0.15, -0.1) is 0 Å². The molecule has 8 aromatic carbocycles. The molecule has 8 aromatic rings. The lowest BCUT2D eigenvalue weighted by molar-refractivity contribution is 1.26. The molecule has 0 aliphatic heterocycles. The van der Waals surface area contributed by atoms with Crippen LogP contribution in [0.3, 0.4) is 0 Å². The van der Waals surface area contributed by atoms with Crippen molar-refractivity contribution in [2.24, 2.45) is 0 Å². The van der Waals surface area contributed by atoms with Crippen LogP contribution in [0.15, 0.2) is 170 Å². The highest BCUT2D eigenvalue weighted by atomic mass is 15.1. The van der Waals surface area contributed by atoms with Crippen LogP contribution < -0.4 is 9.80 Å². The first-order valence-corrected chi connectivity index (χ1v) is 18.8. The molecule has 0 saturated carbocycles. The van der Waals surface area contributed by atoms with Crippen LogP contribution in [0, 0.1) is 41.5 Å². The van der Waals surface area contributed by atoms with Gasteiger partial charge in [0.25, 0.3) is 0 Å². The van der Waals surface area contributed by atoms with Gasteiger partial charge in [0.2, 0.25) is 0 Å². The summed E-state index contributed by atoms with van der Waals surface area (Å²) in [4.78, 5) is 4.82. The van der Waals surface area contributed by atoms with Crippen LogP contribution >= 0.6 is 0 Å². The van der Waals surface area contributed by atoms with E-state index in [4.69, 9.17) is 0 Å². The molecule has 0 spiro atoms. The zero-order chi connectivity index (χ0) is 37.3. The van der Waals surface area contributed by atoms with E-state index >= 15 is 0 Å². The number of nitrogens with zero attached hydrogens (tertiary/aromatic N) is 2. The molecular weight excluding hydrogens is 653 g/mol. The summed E-state index contributed by atoms with van der Waals surface area (Å²) in [5.74, 6) is 0. The molecule has 0 aromatic heterocycles. The number of hydrogen-bond donors (Lipinski definition) is 0. The molecule has 0 saturated heterocycles. The van der Waals surface area contributed by atoms with E-state index in [-0.39, 0.29) is 0 Å². The van der Waals surface area contributed by atoms with Gasteiger partial charge in [-0.3, -0.25) is 0 Å². The molecule has 0 bridgehead atoms. The Balaban J connectivity index is 1.49. The summed E-state index contributed by atoms with van der Waals surface area (Å²) in [6.45, 7) is 13.0. The monoisotopic (exact) mass is 698 g/mol. The van der Waals surface area contributed by atoms with E-state index in [9.17, 15) is 0 Å². The standard InChI is InChI=1S/C52H46N2/c1-35-16-22-41(23-17-35)49-31-47(53(43-26-20-37(3)21-27-43)44-13-7-10-38(4)28-44)33-51-50(42-24-18-36(2)19-25-42)32-48(34-52(49)51)54(45-14-8-11-39(5)29-45)46-15-9-12-40(6)30-46/h7-34H,1-6H3. The molecule has 0 atom stereocenters. The molecule has 264 valence electrons. The van der Waals surface area contributed by atoms with Gasteiger partial charge in [0.05, 0.1) is 0 Å². The molecule has 0 fully saturated rings. The molecular formula is C52H46N2. The van der Waals surface area contributed by atoms with Gasteiger partial charge < -0.3 is 9.80 Å². The number of anilines is 6. The fourth-order valence-corrected chi connectivity index (χ4v) is 7.52. The lowest BCUT2D eigenvalue weighted by Gasteiger charge is -2.29. The van der Waals surface area contributed by atoms with Crippen molar-refractivity contribution >= 4 is 44.9 Å². The molecule has 0 unspecified atom stereocenters. The van der Waals surface area contributed by atoms with Crippen molar-refractivity contribution in [1.82, 2.24) is 0 Å². The Kier molecular flexibility index (Phi) is 9.36. The van der Waals surface area contributed by atoms with Crippen LogP contribution in [0.1, 0.15) is 33.4 Å². The van der Waals surface area contributed by atoms with Gasteiger partial charge in [0.1, 0.15) is 0 Å². The number of fused-ring (bicyclic) bond motifs is 1. The van der Waals surface area contributed by atoms with E-state index < -0.39 is 0 Å². The van der Waals surface area contributed by atoms with E-state index in [1.54, 1.807) is 0 Å². The van der Waals surface area contributed by atoms with E-state index in [0.29, 0.717) is 0 Å². The summed E-state index contributed by atoms with van der Waals surface area (Å²) < 4.78 is 0. The first-order chi connectivity index (χ1) is 26.2. The highest BCUT2D eigenvalue weighted by molar-refractivity contribution is 6.10. The Bertz CT molecular complexity index is 2550. The maximum absolute atomic E-state index is 2.41. The molecule has 0 amide bonds. The number of hydrogen-bond acceptors (Lipinski definition) is 2. The second-order valence-corrected chi connectivity index (χ2v) is 14.8. The quantitative estimate of drug-likeness (QED) is 0.156. The van der Waals surface area contributed by atoms with Crippen LogP contribution in [-0.2, 0) is 0 Å². The molecule has 8 rings (SSSR count). The van der Waals surface area contributed by atoms with Crippen molar-refractivity contribution in [2.75, 3.05) is 9.80 Å². The van der Waals surface area contributed by atoms with Gasteiger partial charge in [0, 0.05) is 34.1 Å². The topological polar surface area (TPSA) is 6.48 Å². The van der Waals surface area contributed by atoms with Crippen molar-refractivity contribution in [1.29, 1.82) is 0 Å². The molecule has 0 radical (unpaired) electrons. The molecule has 2 heteroatoms. The van der Waals surface area contributed by atoms with Crippen molar-refractivity contribution in [2.45, 2.75) is 41.5 Å². The van der Waals surface area contributed by atoms with Gasteiger partial charge in [-0.05, 0) is 164 Å². The van der Waals surface area contributed by atoms with Gasteiger partial charge in [-0.25, -0.2) is 0 Å². The van der Waals surface area contributed by atoms with Crippen molar-refractivity contribution in [3.8, 4) is 22.3 Å². The highest BCUT2D eigenvalue weighted by Gasteiger charge is 2.21. The van der Waals surface area contributed by atoms with Gasteiger partial charge in [-0.1, -0.05) is 114 Å². The molecule has 0 aliphatic rings. The smallest absolute Gasteiger partial charge is 0.0474 e. The molecule has 2 nitrogen and oxygen atoms in total. The lowest BCUT2D eigenvalue weighted by Crippen LogP contribution is -2.12. The minimum atomic E-state index is 1.11. The van der Waals surface area contributed by atoms with Crippen LogP contribution in [-0.4, -0.2) is 0 Å². The predicted molar refractivity (Wildman–Crippen MR) is 233 cm³/mol. The summed E-state index contributed by atoms with van der Waals surface area (Å²) in [7, 11) is 0. The Morgan fingerprint density at radius 1 is 0.259 bits per heavy atom. The Hall–Kier alpha value is -6.38. The van der Waals surface area contributed by atoms with Gasteiger partial charge >= 0.3 is 0 Å². The second-order valence-electron chi connectivity index (χ2n) is 14.8. The van der Waals surface area contributed by atoms with E-state index in [1.165, 1.54) is 66.4 Å².